The zero-order valence-corrected chi connectivity index (χ0v) is 13.0. The van der Waals surface area contributed by atoms with E-state index in [0.29, 0.717) is 0 Å². The SMILES string of the molecule is CS(=O)(=O)Nc1ccc(Cl)c(NS(=O)(=O)CCCl)c1. The van der Waals surface area contributed by atoms with E-state index in [4.69, 9.17) is 23.2 Å². The first kappa shape index (κ1) is 16.4. The van der Waals surface area contributed by atoms with Gasteiger partial charge >= 0.3 is 0 Å². The lowest BCUT2D eigenvalue weighted by atomic mass is 10.3. The second-order valence-electron chi connectivity index (χ2n) is 3.68. The van der Waals surface area contributed by atoms with Gasteiger partial charge in [-0.05, 0) is 18.2 Å². The summed E-state index contributed by atoms with van der Waals surface area (Å²) in [4.78, 5) is 0. The number of rotatable bonds is 6. The summed E-state index contributed by atoms with van der Waals surface area (Å²) >= 11 is 11.2. The fourth-order valence-electron chi connectivity index (χ4n) is 1.20. The van der Waals surface area contributed by atoms with Crippen molar-refractivity contribution in [2.45, 2.75) is 0 Å². The van der Waals surface area contributed by atoms with E-state index in [0.717, 1.165) is 6.26 Å². The van der Waals surface area contributed by atoms with E-state index in [1.807, 2.05) is 0 Å². The van der Waals surface area contributed by atoms with Crippen LogP contribution in [0.4, 0.5) is 11.4 Å². The maximum Gasteiger partial charge on any atom is 0.233 e. The van der Waals surface area contributed by atoms with E-state index in [1.54, 1.807) is 0 Å². The first-order chi connectivity index (χ1) is 8.63. The fraction of sp³-hybridized carbons (Fsp3) is 0.333. The van der Waals surface area contributed by atoms with Crippen LogP contribution in [0.25, 0.3) is 0 Å². The summed E-state index contributed by atoms with van der Waals surface area (Å²) in [6.07, 6.45) is 0.985. The van der Waals surface area contributed by atoms with Gasteiger partial charge in [-0.1, -0.05) is 11.6 Å². The van der Waals surface area contributed by atoms with E-state index in [-0.39, 0.29) is 28.0 Å². The molecule has 0 fully saturated rings. The minimum atomic E-state index is -3.61. The van der Waals surface area contributed by atoms with Crippen LogP contribution in [0, 0.1) is 0 Å². The zero-order chi connectivity index (χ0) is 14.7. The molecule has 0 aromatic heterocycles. The summed E-state index contributed by atoms with van der Waals surface area (Å²) in [7, 11) is -7.06. The molecular weight excluding hydrogens is 335 g/mol. The number of hydrogen-bond donors (Lipinski definition) is 2. The molecule has 1 rings (SSSR count). The summed E-state index contributed by atoms with van der Waals surface area (Å²) in [5.74, 6) is -0.331. The molecule has 0 aliphatic heterocycles. The third-order valence-electron chi connectivity index (χ3n) is 1.88. The highest BCUT2D eigenvalue weighted by molar-refractivity contribution is 7.92. The Morgan fingerprint density at radius 1 is 1.16 bits per heavy atom. The quantitative estimate of drug-likeness (QED) is 0.766. The fourth-order valence-corrected chi connectivity index (χ4v) is 3.40. The number of anilines is 2. The molecule has 0 radical (unpaired) electrons. The van der Waals surface area contributed by atoms with E-state index in [9.17, 15) is 16.8 Å². The summed E-state index contributed by atoms with van der Waals surface area (Å²) in [6.45, 7) is 0. The van der Waals surface area contributed by atoms with Gasteiger partial charge in [0.1, 0.15) is 0 Å². The standard InChI is InChI=1S/C9H12Cl2N2O4S2/c1-18(14,15)12-7-2-3-8(11)9(6-7)13-19(16,17)5-4-10/h2-3,6,12-13H,4-5H2,1H3. The molecular formula is C9H12Cl2N2O4S2. The molecule has 1 aromatic rings. The maximum atomic E-state index is 11.6. The monoisotopic (exact) mass is 346 g/mol. The number of hydrogen-bond acceptors (Lipinski definition) is 4. The van der Waals surface area contributed by atoms with Crippen LogP contribution in [-0.4, -0.2) is 34.7 Å². The van der Waals surface area contributed by atoms with Crippen LogP contribution in [0.2, 0.25) is 5.02 Å². The van der Waals surface area contributed by atoms with Gasteiger partial charge in [-0.15, -0.1) is 11.6 Å². The number of halogens is 2. The largest absolute Gasteiger partial charge is 0.284 e. The Kier molecular flexibility index (Phi) is 5.31. The Labute approximate surface area is 122 Å². The molecule has 0 amide bonds. The van der Waals surface area contributed by atoms with Crippen molar-refractivity contribution >= 4 is 54.6 Å². The van der Waals surface area contributed by atoms with Gasteiger partial charge in [0, 0.05) is 5.88 Å². The topological polar surface area (TPSA) is 92.3 Å². The van der Waals surface area contributed by atoms with Crippen molar-refractivity contribution in [3.8, 4) is 0 Å². The zero-order valence-electron chi connectivity index (χ0n) is 9.85. The summed E-state index contributed by atoms with van der Waals surface area (Å²) in [5, 5.41) is 0.150. The van der Waals surface area contributed by atoms with Crippen LogP contribution < -0.4 is 9.44 Å². The molecule has 0 atom stereocenters. The average molecular weight is 347 g/mol. The molecule has 10 heteroatoms. The van der Waals surface area contributed by atoms with Crippen molar-refractivity contribution in [1.82, 2.24) is 0 Å². The molecule has 6 nitrogen and oxygen atoms in total. The van der Waals surface area contributed by atoms with Gasteiger partial charge in [0.2, 0.25) is 20.0 Å². The van der Waals surface area contributed by atoms with E-state index >= 15 is 0 Å². The van der Waals surface area contributed by atoms with E-state index < -0.39 is 20.0 Å². The van der Waals surface area contributed by atoms with Gasteiger partial charge in [-0.3, -0.25) is 9.44 Å². The minimum Gasteiger partial charge on any atom is -0.284 e. The summed E-state index contributed by atoms with van der Waals surface area (Å²) in [6, 6.07) is 4.09. The molecule has 0 saturated heterocycles. The molecule has 0 aliphatic rings. The van der Waals surface area contributed by atoms with Crippen molar-refractivity contribution in [3.63, 3.8) is 0 Å². The lowest BCUT2D eigenvalue weighted by molar-refractivity contribution is 0.602. The smallest absolute Gasteiger partial charge is 0.233 e. The molecule has 0 saturated carbocycles. The normalized spacial score (nSPS) is 12.2. The van der Waals surface area contributed by atoms with Gasteiger partial charge in [0.05, 0.1) is 28.4 Å². The highest BCUT2D eigenvalue weighted by Gasteiger charge is 2.13. The Morgan fingerprint density at radius 3 is 2.32 bits per heavy atom. The first-order valence-corrected chi connectivity index (χ1v) is 9.42. The van der Waals surface area contributed by atoms with E-state index in [2.05, 4.69) is 9.44 Å². The first-order valence-electron chi connectivity index (χ1n) is 4.97. The van der Waals surface area contributed by atoms with Crippen LogP contribution >= 0.6 is 23.2 Å². The van der Waals surface area contributed by atoms with Crippen LogP contribution in [0.1, 0.15) is 0 Å². The number of sulfonamides is 2. The Hall–Kier alpha value is -0.700. The minimum absolute atomic E-state index is 0.0613. The Balaban J connectivity index is 3.05. The maximum absolute atomic E-state index is 11.6. The van der Waals surface area contributed by atoms with Gasteiger partial charge < -0.3 is 0 Å². The predicted molar refractivity (Wildman–Crippen MR) is 78.0 cm³/mol. The van der Waals surface area contributed by atoms with Gasteiger partial charge in [0.15, 0.2) is 0 Å². The van der Waals surface area contributed by atoms with Crippen molar-refractivity contribution in [2.75, 3.05) is 27.3 Å². The summed E-state index contributed by atoms with van der Waals surface area (Å²) < 4.78 is 49.7. The third kappa shape index (κ3) is 5.85. The molecule has 19 heavy (non-hydrogen) atoms. The number of alkyl halides is 1. The highest BCUT2D eigenvalue weighted by atomic mass is 35.5. The predicted octanol–water partition coefficient (Wildman–Crippen LogP) is 1.69. The highest BCUT2D eigenvalue weighted by Crippen LogP contribution is 2.26. The molecule has 0 bridgehead atoms. The van der Waals surface area contributed by atoms with Crippen LogP contribution in [0.15, 0.2) is 18.2 Å². The average Bonchev–Trinajstić information content (AvgIpc) is 2.20. The molecule has 0 heterocycles. The third-order valence-corrected chi connectivity index (χ3v) is 4.50. The van der Waals surface area contributed by atoms with Crippen molar-refractivity contribution in [3.05, 3.63) is 23.2 Å². The van der Waals surface area contributed by atoms with Gasteiger partial charge in [-0.2, -0.15) is 0 Å². The number of benzene rings is 1. The Bertz CT molecular complexity index is 659. The molecule has 1 aromatic carbocycles. The molecule has 108 valence electrons. The Morgan fingerprint density at radius 2 is 1.79 bits per heavy atom. The lowest BCUT2D eigenvalue weighted by Gasteiger charge is -2.11. The molecule has 0 unspecified atom stereocenters. The van der Waals surface area contributed by atoms with E-state index in [1.165, 1.54) is 18.2 Å². The lowest BCUT2D eigenvalue weighted by Crippen LogP contribution is -2.18. The number of nitrogens with one attached hydrogen (secondary N) is 2. The molecule has 0 spiro atoms. The van der Waals surface area contributed by atoms with Crippen molar-refractivity contribution in [1.29, 1.82) is 0 Å². The van der Waals surface area contributed by atoms with Gasteiger partial charge in [0.25, 0.3) is 0 Å². The van der Waals surface area contributed by atoms with Crippen LogP contribution in [-0.2, 0) is 20.0 Å². The van der Waals surface area contributed by atoms with Gasteiger partial charge in [-0.25, -0.2) is 16.8 Å². The summed E-state index contributed by atoms with van der Waals surface area (Å²) in [5.41, 5.74) is 0.288. The van der Waals surface area contributed by atoms with Crippen molar-refractivity contribution < 1.29 is 16.8 Å². The van der Waals surface area contributed by atoms with Crippen LogP contribution in [0.5, 0.6) is 0 Å². The molecule has 0 aliphatic carbocycles. The second kappa shape index (κ2) is 6.17. The molecule has 2 N–H and O–H groups in total. The van der Waals surface area contributed by atoms with Crippen LogP contribution in [0.3, 0.4) is 0 Å². The second-order valence-corrected chi connectivity index (χ2v) is 8.05. The van der Waals surface area contributed by atoms with Crippen molar-refractivity contribution in [2.24, 2.45) is 0 Å².